The number of hydrogen-bond donors (Lipinski definition) is 1. The molecule has 2 aromatic heterocycles. The van der Waals surface area contributed by atoms with Crippen molar-refractivity contribution in [3.05, 3.63) is 51.9 Å². The second kappa shape index (κ2) is 7.88. The van der Waals surface area contributed by atoms with Gasteiger partial charge in [0, 0.05) is 13.1 Å². The van der Waals surface area contributed by atoms with Gasteiger partial charge in [-0.2, -0.15) is 0 Å². The van der Waals surface area contributed by atoms with Gasteiger partial charge in [-0.1, -0.05) is 26.0 Å². The van der Waals surface area contributed by atoms with E-state index in [0.29, 0.717) is 21.2 Å². The van der Waals surface area contributed by atoms with Crippen LogP contribution in [0.4, 0.5) is 10.7 Å². The molecule has 1 aromatic carbocycles. The van der Waals surface area contributed by atoms with Gasteiger partial charge in [-0.05, 0) is 25.0 Å². The summed E-state index contributed by atoms with van der Waals surface area (Å²) < 4.78 is 2.48. The van der Waals surface area contributed by atoms with E-state index >= 15 is 0 Å². The second-order valence-corrected chi connectivity index (χ2v) is 10.0. The summed E-state index contributed by atoms with van der Waals surface area (Å²) >= 11 is 0. The highest BCUT2D eigenvalue weighted by atomic mass is 32.2. The van der Waals surface area contributed by atoms with Crippen molar-refractivity contribution in [3.63, 3.8) is 0 Å². The highest BCUT2D eigenvalue weighted by Gasteiger charge is 2.49. The molecule has 0 fully saturated rings. The van der Waals surface area contributed by atoms with E-state index in [4.69, 9.17) is 0 Å². The van der Waals surface area contributed by atoms with Crippen LogP contribution in [0.5, 0.6) is 0 Å². The van der Waals surface area contributed by atoms with E-state index < -0.39 is 28.5 Å². The van der Waals surface area contributed by atoms with Crippen LogP contribution in [0.25, 0.3) is 11.0 Å². The van der Waals surface area contributed by atoms with Gasteiger partial charge in [-0.3, -0.25) is 9.36 Å². The Morgan fingerprint density at radius 1 is 1.29 bits per heavy atom. The molecule has 4 rings (SSSR count). The summed E-state index contributed by atoms with van der Waals surface area (Å²) in [5.41, 5.74) is 1.41. The number of nitrogens with one attached hydrogen (secondary N) is 1. The van der Waals surface area contributed by atoms with E-state index in [-0.39, 0.29) is 28.8 Å². The number of para-hydroxylation sites is 2. The number of benzene rings is 1. The smallest absolute Gasteiger partial charge is 0.344 e. The summed E-state index contributed by atoms with van der Waals surface area (Å²) in [6, 6.07) is 9.19. The molecule has 3 heterocycles. The predicted molar refractivity (Wildman–Crippen MR) is 119 cm³/mol. The Bertz CT molecular complexity index is 1260. The normalized spacial score (nSPS) is 18.0. The van der Waals surface area contributed by atoms with Gasteiger partial charge in [-0.25, -0.2) is 9.78 Å². The lowest BCUT2D eigenvalue weighted by Crippen LogP contribution is -2.41. The van der Waals surface area contributed by atoms with Crippen LogP contribution < -0.4 is 16.0 Å². The third kappa shape index (κ3) is 3.42. The number of fused-ring (bicyclic) bond motifs is 2. The topological polar surface area (TPSA) is 109 Å². The Morgan fingerprint density at radius 2 is 2.00 bits per heavy atom. The molecule has 3 aromatic rings. The number of nitrogens with zero attached hydrogens (tertiary/aromatic N) is 3. The lowest BCUT2D eigenvalue weighted by atomic mass is 10.0. The number of hydrogen-bond acceptors (Lipinski definition) is 6. The van der Waals surface area contributed by atoms with Gasteiger partial charge in [0.15, 0.2) is 4.90 Å². The summed E-state index contributed by atoms with van der Waals surface area (Å²) in [7, 11) is 0.991. The largest absolute Gasteiger partial charge is 0.529 e. The van der Waals surface area contributed by atoms with E-state index in [0.717, 1.165) is 11.0 Å². The molecule has 0 radical (unpaired) electrons. The fraction of sp³-hybridized carbons (Fsp3) is 0.364. The molecule has 0 bridgehead atoms. The molecule has 0 saturated heterocycles. The maximum atomic E-state index is 13.2. The molecular formula is C22H24N4O4S. The van der Waals surface area contributed by atoms with E-state index in [1.807, 2.05) is 42.7 Å². The quantitative estimate of drug-likeness (QED) is 0.606. The van der Waals surface area contributed by atoms with Crippen molar-refractivity contribution in [2.75, 3.05) is 18.1 Å². The average Bonchev–Trinajstić information content (AvgIpc) is 3.18. The van der Waals surface area contributed by atoms with E-state index in [9.17, 15) is 19.5 Å². The monoisotopic (exact) mass is 440 g/mol. The molecule has 9 heteroatoms. The number of anilines is 1. The first-order valence-corrected chi connectivity index (χ1v) is 11.5. The number of carbonyl (C=O) groups excluding carboxylic acids is 2. The Kier molecular flexibility index (Phi) is 5.38. The molecule has 1 N–H and O–H groups in total. The van der Waals surface area contributed by atoms with E-state index in [2.05, 4.69) is 10.3 Å². The van der Waals surface area contributed by atoms with Gasteiger partial charge in [0.05, 0.1) is 39.7 Å². The zero-order valence-corrected chi connectivity index (χ0v) is 18.7. The number of carbonyl (C=O) groups is 2. The van der Waals surface area contributed by atoms with Crippen molar-refractivity contribution < 1.29 is 14.7 Å². The molecule has 0 amide bonds. The van der Waals surface area contributed by atoms with Gasteiger partial charge < -0.3 is 19.8 Å². The first-order valence-electron chi connectivity index (χ1n) is 10.1. The summed E-state index contributed by atoms with van der Waals surface area (Å²) in [5.74, 6) is 0.835. The van der Waals surface area contributed by atoms with Crippen LogP contribution in [0.2, 0.25) is 0 Å². The number of aromatic nitrogens is 3. The van der Waals surface area contributed by atoms with Crippen LogP contribution in [-0.4, -0.2) is 38.1 Å². The second-order valence-electron chi connectivity index (χ2n) is 8.07. The van der Waals surface area contributed by atoms with Crippen molar-refractivity contribution in [2.45, 2.75) is 38.1 Å². The summed E-state index contributed by atoms with van der Waals surface area (Å²) in [6.07, 6.45) is -1.60. The molecule has 8 nitrogen and oxygen atoms in total. The number of imidazole rings is 1. The Morgan fingerprint density at radius 3 is 2.65 bits per heavy atom. The third-order valence-corrected chi connectivity index (χ3v) is 8.17. The van der Waals surface area contributed by atoms with Crippen LogP contribution in [0.3, 0.4) is 0 Å². The third-order valence-electron chi connectivity index (χ3n) is 5.46. The highest BCUT2D eigenvalue weighted by Crippen LogP contribution is 2.37. The highest BCUT2D eigenvalue weighted by molar-refractivity contribution is 8.11. The standard InChI is InChI=1S/C22H24N4O4S/c1-12(2)11-31-17-9-14(26(22(29)30)19(27)18(17)13(3)20(31)28)10-25-16-8-6-5-7-15(16)24-21(25)23-4/h5-9,12-13H,10-11H2,1-4H3,(H-,23,24,29,30). The van der Waals surface area contributed by atoms with Crippen molar-refractivity contribution in [3.8, 4) is 0 Å². The van der Waals surface area contributed by atoms with E-state index in [1.54, 1.807) is 20.0 Å². The minimum Gasteiger partial charge on any atom is -0.529 e. The molecule has 1 aliphatic rings. The van der Waals surface area contributed by atoms with Crippen LogP contribution in [0, 0.1) is 5.92 Å². The molecule has 2 atom stereocenters. The Hall–Kier alpha value is -3.07. The van der Waals surface area contributed by atoms with Crippen molar-refractivity contribution in [2.24, 2.45) is 5.92 Å². The number of pyridine rings is 1. The molecule has 31 heavy (non-hydrogen) atoms. The van der Waals surface area contributed by atoms with Crippen LogP contribution in [0.15, 0.2) is 40.0 Å². The summed E-state index contributed by atoms with van der Waals surface area (Å²) in [6.45, 7) is 5.83. The first-order chi connectivity index (χ1) is 14.7. The van der Waals surface area contributed by atoms with Gasteiger partial charge in [0.2, 0.25) is 5.95 Å². The minimum atomic E-state index is -1.60. The lowest BCUT2D eigenvalue weighted by Gasteiger charge is -2.17. The van der Waals surface area contributed by atoms with Crippen molar-refractivity contribution >= 4 is 39.1 Å². The van der Waals surface area contributed by atoms with Gasteiger partial charge in [0.25, 0.3) is 5.56 Å². The molecule has 0 saturated carbocycles. The van der Waals surface area contributed by atoms with E-state index in [1.165, 1.54) is 0 Å². The fourth-order valence-electron chi connectivity index (χ4n) is 4.10. The number of rotatable bonds is 5. The zero-order valence-electron chi connectivity index (χ0n) is 17.8. The molecule has 1 aliphatic heterocycles. The SMILES string of the molecule is CNc1nc2ccccc2n1Cc1cc2c(c(=O)n1C(=O)[O-])C(C)C(=O)[S+]2CC(C)C. The van der Waals surface area contributed by atoms with Crippen LogP contribution in [0.1, 0.15) is 37.9 Å². The summed E-state index contributed by atoms with van der Waals surface area (Å²) in [4.78, 5) is 43.3. The van der Waals surface area contributed by atoms with Gasteiger partial charge in [-0.15, -0.1) is 0 Å². The summed E-state index contributed by atoms with van der Waals surface area (Å²) in [5, 5.41) is 15.0. The minimum absolute atomic E-state index is 0.00755. The molecule has 0 aliphatic carbocycles. The Balaban J connectivity index is 1.93. The van der Waals surface area contributed by atoms with Crippen molar-refractivity contribution in [1.82, 2.24) is 14.1 Å². The van der Waals surface area contributed by atoms with Gasteiger partial charge >= 0.3 is 5.12 Å². The molecule has 0 spiro atoms. The lowest BCUT2D eigenvalue weighted by molar-refractivity contribution is -0.251. The maximum absolute atomic E-state index is 13.2. The maximum Gasteiger partial charge on any atom is 0.344 e. The number of carboxylic acid groups (broad SMARTS) is 1. The van der Waals surface area contributed by atoms with Gasteiger partial charge in [0.1, 0.15) is 17.8 Å². The molecule has 2 unspecified atom stereocenters. The van der Waals surface area contributed by atoms with Crippen LogP contribution in [-0.2, 0) is 22.2 Å². The predicted octanol–water partition coefficient (Wildman–Crippen LogP) is 1.76. The van der Waals surface area contributed by atoms with Crippen molar-refractivity contribution in [1.29, 1.82) is 0 Å². The first kappa shape index (κ1) is 21.2. The molecule has 162 valence electrons. The zero-order chi connectivity index (χ0) is 22.4. The average molecular weight is 441 g/mol. The van der Waals surface area contributed by atoms with Crippen LogP contribution >= 0.6 is 0 Å². The fourth-order valence-corrected chi connectivity index (χ4v) is 6.68. The Labute approximate surface area is 182 Å². The molecular weight excluding hydrogens is 416 g/mol.